The van der Waals surface area contributed by atoms with Crippen molar-refractivity contribution in [2.24, 2.45) is 5.73 Å². The highest BCUT2D eigenvalue weighted by Crippen LogP contribution is 2.29. The SMILES string of the molecule is NCc1cc(Cl)c2c(c1)CCC2. The van der Waals surface area contributed by atoms with Crippen LogP contribution >= 0.6 is 11.6 Å². The molecule has 0 fully saturated rings. The highest BCUT2D eigenvalue weighted by molar-refractivity contribution is 6.31. The molecule has 0 saturated heterocycles. The largest absolute Gasteiger partial charge is 0.326 e. The van der Waals surface area contributed by atoms with Crippen molar-refractivity contribution in [3.8, 4) is 0 Å². The van der Waals surface area contributed by atoms with Gasteiger partial charge in [-0.25, -0.2) is 0 Å². The smallest absolute Gasteiger partial charge is 0.0443 e. The van der Waals surface area contributed by atoms with Crippen molar-refractivity contribution in [2.75, 3.05) is 0 Å². The van der Waals surface area contributed by atoms with Crippen LogP contribution in [0.5, 0.6) is 0 Å². The molecule has 12 heavy (non-hydrogen) atoms. The highest BCUT2D eigenvalue weighted by Gasteiger charge is 2.14. The summed E-state index contributed by atoms with van der Waals surface area (Å²) in [7, 11) is 0. The van der Waals surface area contributed by atoms with Crippen molar-refractivity contribution in [1.82, 2.24) is 0 Å². The molecule has 1 aliphatic rings. The lowest BCUT2D eigenvalue weighted by atomic mass is 10.1. The number of rotatable bonds is 1. The molecule has 0 aromatic heterocycles. The third-order valence-corrected chi connectivity index (χ3v) is 2.79. The quantitative estimate of drug-likeness (QED) is 0.707. The first-order chi connectivity index (χ1) is 5.81. The summed E-state index contributed by atoms with van der Waals surface area (Å²) in [5.41, 5.74) is 9.45. The first kappa shape index (κ1) is 8.09. The molecule has 0 saturated carbocycles. The van der Waals surface area contributed by atoms with Crippen molar-refractivity contribution in [3.05, 3.63) is 33.8 Å². The summed E-state index contributed by atoms with van der Waals surface area (Å²) in [6.07, 6.45) is 3.55. The number of halogens is 1. The van der Waals surface area contributed by atoms with Crippen LogP contribution in [0, 0.1) is 0 Å². The van der Waals surface area contributed by atoms with Gasteiger partial charge >= 0.3 is 0 Å². The van der Waals surface area contributed by atoms with Gasteiger partial charge in [-0.05, 0) is 42.0 Å². The predicted molar refractivity (Wildman–Crippen MR) is 51.4 cm³/mol. The Morgan fingerprint density at radius 2 is 2.17 bits per heavy atom. The molecule has 0 unspecified atom stereocenters. The maximum absolute atomic E-state index is 6.10. The lowest BCUT2D eigenvalue weighted by Gasteiger charge is -2.04. The maximum Gasteiger partial charge on any atom is 0.0443 e. The Bertz CT molecular complexity index is 307. The molecule has 0 heterocycles. The van der Waals surface area contributed by atoms with E-state index in [-0.39, 0.29) is 0 Å². The van der Waals surface area contributed by atoms with E-state index in [0.717, 1.165) is 17.0 Å². The van der Waals surface area contributed by atoms with E-state index in [4.69, 9.17) is 17.3 Å². The Kier molecular flexibility index (Phi) is 2.07. The van der Waals surface area contributed by atoms with E-state index >= 15 is 0 Å². The van der Waals surface area contributed by atoms with Crippen LogP contribution in [0.4, 0.5) is 0 Å². The first-order valence-electron chi connectivity index (χ1n) is 4.31. The van der Waals surface area contributed by atoms with E-state index in [1.54, 1.807) is 0 Å². The van der Waals surface area contributed by atoms with Crippen molar-refractivity contribution >= 4 is 11.6 Å². The lowest BCUT2D eigenvalue weighted by molar-refractivity contribution is 0.911. The summed E-state index contributed by atoms with van der Waals surface area (Å²) in [5, 5.41) is 0.908. The molecule has 1 nitrogen and oxygen atoms in total. The molecule has 0 radical (unpaired) electrons. The fourth-order valence-electron chi connectivity index (χ4n) is 1.83. The van der Waals surface area contributed by atoms with E-state index < -0.39 is 0 Å². The van der Waals surface area contributed by atoms with Gasteiger partial charge in [0.1, 0.15) is 0 Å². The number of aryl methyl sites for hydroxylation is 1. The average molecular weight is 182 g/mol. The monoisotopic (exact) mass is 181 g/mol. The number of hydrogen-bond acceptors (Lipinski definition) is 1. The minimum atomic E-state index is 0.590. The summed E-state index contributed by atoms with van der Waals surface area (Å²) in [6.45, 7) is 0.590. The van der Waals surface area contributed by atoms with Gasteiger partial charge in [-0.1, -0.05) is 17.7 Å². The number of fused-ring (bicyclic) bond motifs is 1. The number of hydrogen-bond donors (Lipinski definition) is 1. The molecule has 1 aliphatic carbocycles. The second kappa shape index (κ2) is 3.08. The molecule has 0 amide bonds. The molecule has 2 heteroatoms. The second-order valence-corrected chi connectivity index (χ2v) is 3.68. The fraction of sp³-hybridized carbons (Fsp3) is 0.400. The van der Waals surface area contributed by atoms with Gasteiger partial charge in [0, 0.05) is 11.6 Å². The summed E-state index contributed by atoms with van der Waals surface area (Å²) < 4.78 is 0. The normalized spacial score (nSPS) is 14.8. The Balaban J connectivity index is 2.51. The standard InChI is InChI=1S/C10H12ClN/c11-10-5-7(6-12)4-8-2-1-3-9(8)10/h4-5H,1-3,6,12H2. The lowest BCUT2D eigenvalue weighted by Crippen LogP contribution is -1.98. The van der Waals surface area contributed by atoms with E-state index in [2.05, 4.69) is 6.07 Å². The fourth-order valence-corrected chi connectivity index (χ4v) is 2.19. The molecule has 64 valence electrons. The molecular weight excluding hydrogens is 170 g/mol. The van der Waals surface area contributed by atoms with Crippen LogP contribution in [-0.4, -0.2) is 0 Å². The zero-order chi connectivity index (χ0) is 8.55. The second-order valence-electron chi connectivity index (χ2n) is 3.27. The summed E-state index contributed by atoms with van der Waals surface area (Å²) in [4.78, 5) is 0. The zero-order valence-electron chi connectivity index (χ0n) is 6.94. The van der Waals surface area contributed by atoms with Gasteiger partial charge in [-0.15, -0.1) is 0 Å². The van der Waals surface area contributed by atoms with Gasteiger partial charge in [0.2, 0.25) is 0 Å². The van der Waals surface area contributed by atoms with Crippen molar-refractivity contribution in [2.45, 2.75) is 25.8 Å². The van der Waals surface area contributed by atoms with Crippen LogP contribution in [-0.2, 0) is 19.4 Å². The topological polar surface area (TPSA) is 26.0 Å². The van der Waals surface area contributed by atoms with Crippen LogP contribution < -0.4 is 5.73 Å². The van der Waals surface area contributed by atoms with E-state index in [0.29, 0.717) is 6.54 Å². The highest BCUT2D eigenvalue weighted by atomic mass is 35.5. The number of benzene rings is 1. The van der Waals surface area contributed by atoms with Gasteiger partial charge in [-0.2, -0.15) is 0 Å². The molecule has 2 rings (SSSR count). The molecule has 2 N–H and O–H groups in total. The van der Waals surface area contributed by atoms with Crippen LogP contribution in [0.25, 0.3) is 0 Å². The molecule has 0 spiro atoms. The van der Waals surface area contributed by atoms with E-state index in [1.165, 1.54) is 24.0 Å². The molecule has 1 aromatic carbocycles. The minimum Gasteiger partial charge on any atom is -0.326 e. The zero-order valence-corrected chi connectivity index (χ0v) is 7.69. The van der Waals surface area contributed by atoms with Crippen molar-refractivity contribution in [1.29, 1.82) is 0 Å². The average Bonchev–Trinajstić information content (AvgIpc) is 2.52. The Morgan fingerprint density at radius 1 is 1.33 bits per heavy atom. The van der Waals surface area contributed by atoms with Gasteiger partial charge in [-0.3, -0.25) is 0 Å². The molecule has 0 aliphatic heterocycles. The van der Waals surface area contributed by atoms with Crippen LogP contribution in [0.3, 0.4) is 0 Å². The Labute approximate surface area is 77.5 Å². The van der Waals surface area contributed by atoms with Gasteiger partial charge in [0.05, 0.1) is 0 Å². The third-order valence-electron chi connectivity index (χ3n) is 2.46. The Hall–Kier alpha value is -0.530. The maximum atomic E-state index is 6.10. The first-order valence-corrected chi connectivity index (χ1v) is 4.69. The van der Waals surface area contributed by atoms with Crippen molar-refractivity contribution < 1.29 is 0 Å². The third kappa shape index (κ3) is 1.23. The summed E-state index contributed by atoms with van der Waals surface area (Å²) in [5.74, 6) is 0. The molecule has 0 atom stereocenters. The van der Waals surface area contributed by atoms with Gasteiger partial charge in [0.15, 0.2) is 0 Å². The summed E-state index contributed by atoms with van der Waals surface area (Å²) in [6, 6.07) is 4.18. The van der Waals surface area contributed by atoms with Gasteiger partial charge in [0.25, 0.3) is 0 Å². The van der Waals surface area contributed by atoms with E-state index in [1.807, 2.05) is 6.07 Å². The predicted octanol–water partition coefficient (Wildman–Crippen LogP) is 2.29. The molecular formula is C10H12ClN. The van der Waals surface area contributed by atoms with Crippen LogP contribution in [0.2, 0.25) is 5.02 Å². The molecule has 1 aromatic rings. The molecule has 0 bridgehead atoms. The van der Waals surface area contributed by atoms with Gasteiger partial charge < -0.3 is 5.73 Å². The van der Waals surface area contributed by atoms with Crippen molar-refractivity contribution in [3.63, 3.8) is 0 Å². The minimum absolute atomic E-state index is 0.590. The summed E-state index contributed by atoms with van der Waals surface area (Å²) >= 11 is 6.10. The van der Waals surface area contributed by atoms with E-state index in [9.17, 15) is 0 Å². The van der Waals surface area contributed by atoms with Crippen LogP contribution in [0.15, 0.2) is 12.1 Å². The Morgan fingerprint density at radius 3 is 2.92 bits per heavy atom. The van der Waals surface area contributed by atoms with Crippen LogP contribution in [0.1, 0.15) is 23.1 Å². The number of nitrogens with two attached hydrogens (primary N) is 1.